The third-order valence-corrected chi connectivity index (χ3v) is 5.05. The summed E-state index contributed by atoms with van der Waals surface area (Å²) < 4.78 is 5.39. The molecule has 4 nitrogen and oxygen atoms in total. The van der Waals surface area contributed by atoms with Gasteiger partial charge in [-0.2, -0.15) is 0 Å². The number of para-hydroxylation sites is 1. The molecule has 0 aliphatic carbocycles. The Bertz CT molecular complexity index is 972. The predicted molar refractivity (Wildman–Crippen MR) is 114 cm³/mol. The summed E-state index contributed by atoms with van der Waals surface area (Å²) in [6.45, 7) is 1.57. The third kappa shape index (κ3) is 4.61. The molecule has 142 valence electrons. The highest BCUT2D eigenvalue weighted by atomic mass is 32.2. The van der Waals surface area contributed by atoms with Gasteiger partial charge in [0.2, 0.25) is 0 Å². The lowest BCUT2D eigenvalue weighted by atomic mass is 10.0. The Morgan fingerprint density at radius 2 is 1.54 bits per heavy atom. The third-order valence-electron chi connectivity index (χ3n) is 4.25. The number of hydrogen-bond donors (Lipinski definition) is 1. The van der Waals surface area contributed by atoms with E-state index in [0.29, 0.717) is 11.3 Å². The zero-order valence-corrected chi connectivity index (χ0v) is 16.5. The van der Waals surface area contributed by atoms with E-state index in [9.17, 15) is 9.59 Å². The van der Waals surface area contributed by atoms with Crippen molar-refractivity contribution in [2.45, 2.75) is 17.9 Å². The van der Waals surface area contributed by atoms with E-state index in [4.69, 9.17) is 4.74 Å². The Kier molecular flexibility index (Phi) is 6.50. The summed E-state index contributed by atoms with van der Waals surface area (Å²) in [4.78, 5) is 25.9. The Morgan fingerprint density at radius 3 is 2.29 bits per heavy atom. The number of thioether (sulfide) groups is 1. The lowest BCUT2D eigenvalue weighted by molar-refractivity contribution is -0.123. The molecule has 0 spiro atoms. The SMILES string of the molecule is CSc1ccccc1C(=O)O[C@@H](C)C(=O)Nc1ccccc1-c1ccccc1. The van der Waals surface area contributed by atoms with Crippen molar-refractivity contribution in [3.8, 4) is 11.1 Å². The number of nitrogens with one attached hydrogen (secondary N) is 1. The van der Waals surface area contributed by atoms with Crippen LogP contribution in [0.15, 0.2) is 83.8 Å². The van der Waals surface area contributed by atoms with Crippen LogP contribution in [0, 0.1) is 0 Å². The van der Waals surface area contributed by atoms with E-state index >= 15 is 0 Å². The van der Waals surface area contributed by atoms with Crippen molar-refractivity contribution in [2.75, 3.05) is 11.6 Å². The maximum atomic E-state index is 12.6. The smallest absolute Gasteiger partial charge is 0.340 e. The van der Waals surface area contributed by atoms with Gasteiger partial charge in [0.05, 0.1) is 5.56 Å². The highest BCUT2D eigenvalue weighted by molar-refractivity contribution is 7.98. The van der Waals surface area contributed by atoms with Crippen LogP contribution < -0.4 is 5.32 Å². The molecule has 1 N–H and O–H groups in total. The Morgan fingerprint density at radius 1 is 0.893 bits per heavy atom. The molecule has 0 saturated heterocycles. The number of anilines is 1. The van der Waals surface area contributed by atoms with Gasteiger partial charge in [0, 0.05) is 16.1 Å². The first-order valence-corrected chi connectivity index (χ1v) is 10.1. The summed E-state index contributed by atoms with van der Waals surface area (Å²) in [5.41, 5.74) is 3.03. The van der Waals surface area contributed by atoms with Gasteiger partial charge in [0.25, 0.3) is 5.91 Å². The van der Waals surface area contributed by atoms with E-state index in [-0.39, 0.29) is 5.91 Å². The van der Waals surface area contributed by atoms with Gasteiger partial charge in [-0.15, -0.1) is 11.8 Å². The Balaban J connectivity index is 1.73. The van der Waals surface area contributed by atoms with Crippen LogP contribution in [0.25, 0.3) is 11.1 Å². The molecule has 0 heterocycles. The van der Waals surface area contributed by atoms with Crippen molar-refractivity contribution in [3.05, 3.63) is 84.4 Å². The molecule has 0 unspecified atom stereocenters. The van der Waals surface area contributed by atoms with E-state index in [1.54, 1.807) is 19.1 Å². The number of esters is 1. The highest BCUT2D eigenvalue weighted by Crippen LogP contribution is 2.28. The minimum Gasteiger partial charge on any atom is -0.449 e. The van der Waals surface area contributed by atoms with Gasteiger partial charge in [-0.25, -0.2) is 4.79 Å². The molecule has 0 aromatic heterocycles. The summed E-state index contributed by atoms with van der Waals surface area (Å²) in [6.07, 6.45) is 0.967. The van der Waals surface area contributed by atoms with Gasteiger partial charge in [0.15, 0.2) is 6.10 Å². The van der Waals surface area contributed by atoms with Crippen molar-refractivity contribution in [2.24, 2.45) is 0 Å². The maximum absolute atomic E-state index is 12.6. The molecule has 0 aliphatic heterocycles. The van der Waals surface area contributed by atoms with Crippen molar-refractivity contribution in [1.82, 2.24) is 0 Å². The van der Waals surface area contributed by atoms with Crippen LogP contribution in [0.1, 0.15) is 17.3 Å². The largest absolute Gasteiger partial charge is 0.449 e. The number of carbonyl (C=O) groups excluding carboxylic acids is 2. The second-order valence-corrected chi connectivity index (χ2v) is 7.00. The molecule has 3 aromatic rings. The van der Waals surface area contributed by atoms with Crippen LogP contribution >= 0.6 is 11.8 Å². The van der Waals surface area contributed by atoms with Crippen LogP contribution in [0.5, 0.6) is 0 Å². The molecule has 5 heteroatoms. The van der Waals surface area contributed by atoms with Crippen molar-refractivity contribution >= 4 is 29.3 Å². The fraction of sp³-hybridized carbons (Fsp3) is 0.130. The van der Waals surface area contributed by atoms with Gasteiger partial charge in [-0.05, 0) is 36.9 Å². The molecule has 0 aliphatic rings. The minimum atomic E-state index is -0.925. The molecule has 1 atom stereocenters. The Hall–Kier alpha value is -3.05. The first kappa shape index (κ1) is 19.7. The first-order valence-electron chi connectivity index (χ1n) is 8.89. The zero-order valence-electron chi connectivity index (χ0n) is 15.7. The average molecular weight is 391 g/mol. The molecule has 3 aromatic carbocycles. The minimum absolute atomic E-state index is 0.377. The van der Waals surface area contributed by atoms with Crippen molar-refractivity contribution in [1.29, 1.82) is 0 Å². The number of amides is 1. The van der Waals surface area contributed by atoms with Crippen LogP contribution in [-0.4, -0.2) is 24.2 Å². The summed E-state index contributed by atoms with van der Waals surface area (Å²) in [6, 6.07) is 24.5. The Labute approximate surface area is 168 Å². The lowest BCUT2D eigenvalue weighted by Crippen LogP contribution is -2.30. The number of benzene rings is 3. The van der Waals surface area contributed by atoms with E-state index < -0.39 is 12.1 Å². The van der Waals surface area contributed by atoms with Gasteiger partial charge in [0.1, 0.15) is 0 Å². The van der Waals surface area contributed by atoms with E-state index in [2.05, 4.69) is 5.32 Å². The lowest BCUT2D eigenvalue weighted by Gasteiger charge is -2.16. The standard InChI is InChI=1S/C23H21NO3S/c1-16(27-23(26)19-13-7-9-15-21(19)28-2)22(25)24-20-14-8-6-12-18(20)17-10-4-3-5-11-17/h3-16H,1-2H3,(H,24,25)/t16-/m0/s1. The predicted octanol–water partition coefficient (Wildman–Crippen LogP) is 5.26. The van der Waals surface area contributed by atoms with E-state index in [0.717, 1.165) is 16.0 Å². The molecular formula is C23H21NO3S. The second kappa shape index (κ2) is 9.24. The summed E-state index contributed by atoms with van der Waals surface area (Å²) in [5.74, 6) is -0.887. The summed E-state index contributed by atoms with van der Waals surface area (Å²) in [7, 11) is 0. The van der Waals surface area contributed by atoms with Gasteiger partial charge >= 0.3 is 5.97 Å². The fourth-order valence-corrected chi connectivity index (χ4v) is 3.37. The molecule has 28 heavy (non-hydrogen) atoms. The molecule has 3 rings (SSSR count). The summed E-state index contributed by atoms with van der Waals surface area (Å²) >= 11 is 1.46. The van der Waals surface area contributed by atoms with Crippen LogP contribution in [0.3, 0.4) is 0 Å². The second-order valence-electron chi connectivity index (χ2n) is 6.15. The zero-order chi connectivity index (χ0) is 19.9. The molecule has 0 radical (unpaired) electrons. The average Bonchev–Trinajstić information content (AvgIpc) is 2.74. The normalized spacial score (nSPS) is 11.5. The molecular weight excluding hydrogens is 370 g/mol. The number of ether oxygens (including phenoxy) is 1. The van der Waals surface area contributed by atoms with Crippen molar-refractivity contribution < 1.29 is 14.3 Å². The van der Waals surface area contributed by atoms with E-state index in [1.807, 2.05) is 73.0 Å². The fourth-order valence-electron chi connectivity index (χ4n) is 2.79. The van der Waals surface area contributed by atoms with E-state index in [1.165, 1.54) is 11.8 Å². The quantitative estimate of drug-likeness (QED) is 0.460. The summed E-state index contributed by atoms with van der Waals surface area (Å²) in [5, 5.41) is 2.87. The van der Waals surface area contributed by atoms with Crippen LogP contribution in [0.4, 0.5) is 5.69 Å². The highest BCUT2D eigenvalue weighted by Gasteiger charge is 2.21. The maximum Gasteiger partial charge on any atom is 0.340 e. The molecule has 0 bridgehead atoms. The molecule has 1 amide bonds. The van der Waals surface area contributed by atoms with Crippen LogP contribution in [0.2, 0.25) is 0 Å². The monoisotopic (exact) mass is 391 g/mol. The van der Waals surface area contributed by atoms with Crippen LogP contribution in [-0.2, 0) is 9.53 Å². The van der Waals surface area contributed by atoms with Crippen molar-refractivity contribution in [3.63, 3.8) is 0 Å². The number of hydrogen-bond acceptors (Lipinski definition) is 4. The van der Waals surface area contributed by atoms with Gasteiger partial charge in [-0.1, -0.05) is 60.7 Å². The molecule has 0 fully saturated rings. The number of rotatable bonds is 6. The van der Waals surface area contributed by atoms with Gasteiger partial charge < -0.3 is 10.1 Å². The molecule has 0 saturated carbocycles. The van der Waals surface area contributed by atoms with Gasteiger partial charge in [-0.3, -0.25) is 4.79 Å². The topological polar surface area (TPSA) is 55.4 Å². The number of carbonyl (C=O) groups is 2. The first-order chi connectivity index (χ1) is 13.6.